The molecule has 0 saturated heterocycles. The molecule has 0 aromatic heterocycles. The zero-order valence-electron chi connectivity index (χ0n) is 10.9. The molecule has 6 heteroatoms. The van der Waals surface area contributed by atoms with Crippen molar-refractivity contribution in [3.63, 3.8) is 0 Å². The summed E-state index contributed by atoms with van der Waals surface area (Å²) in [5.74, 6) is -3.50. The predicted molar refractivity (Wildman–Crippen MR) is 73.7 cm³/mol. The molecular formula is C15H12F2N2O2. The number of rotatable bonds is 4. The number of nitrogens with two attached hydrogens (primary N) is 1. The van der Waals surface area contributed by atoms with Crippen molar-refractivity contribution in [1.29, 1.82) is 0 Å². The lowest BCUT2D eigenvalue weighted by molar-refractivity contribution is -0.117. The molecular weight excluding hydrogens is 278 g/mol. The lowest BCUT2D eigenvalue weighted by Crippen LogP contribution is -2.15. The molecule has 0 fully saturated rings. The van der Waals surface area contributed by atoms with Crippen LogP contribution in [0, 0.1) is 11.6 Å². The Morgan fingerprint density at radius 2 is 1.71 bits per heavy atom. The van der Waals surface area contributed by atoms with E-state index in [-0.39, 0.29) is 12.0 Å². The Balaban J connectivity index is 2.12. The molecule has 21 heavy (non-hydrogen) atoms. The minimum Gasteiger partial charge on any atom is -0.369 e. The summed E-state index contributed by atoms with van der Waals surface area (Å²) < 4.78 is 26.5. The lowest BCUT2D eigenvalue weighted by Gasteiger charge is -2.07. The van der Waals surface area contributed by atoms with Gasteiger partial charge in [0.25, 0.3) is 5.91 Å². The number of amides is 2. The first kappa shape index (κ1) is 14.6. The monoisotopic (exact) mass is 290 g/mol. The molecule has 0 aliphatic heterocycles. The van der Waals surface area contributed by atoms with E-state index >= 15 is 0 Å². The molecule has 4 nitrogen and oxygen atoms in total. The Morgan fingerprint density at radius 1 is 1.05 bits per heavy atom. The molecule has 0 aliphatic rings. The first-order valence-electron chi connectivity index (χ1n) is 6.10. The third-order valence-electron chi connectivity index (χ3n) is 2.79. The number of primary amides is 1. The largest absolute Gasteiger partial charge is 0.369 e. The summed E-state index contributed by atoms with van der Waals surface area (Å²) in [6, 6.07) is 9.70. The predicted octanol–water partition coefficient (Wildman–Crippen LogP) is 2.24. The van der Waals surface area contributed by atoms with E-state index in [2.05, 4.69) is 5.32 Å². The maximum absolute atomic E-state index is 13.5. The van der Waals surface area contributed by atoms with Gasteiger partial charge in [0.05, 0.1) is 12.0 Å². The average Bonchev–Trinajstić information content (AvgIpc) is 2.43. The van der Waals surface area contributed by atoms with Gasteiger partial charge in [0.2, 0.25) is 5.91 Å². The van der Waals surface area contributed by atoms with Crippen molar-refractivity contribution in [2.75, 3.05) is 5.32 Å². The van der Waals surface area contributed by atoms with Gasteiger partial charge in [-0.15, -0.1) is 0 Å². The molecule has 2 amide bonds. The number of hydrogen-bond acceptors (Lipinski definition) is 2. The zero-order chi connectivity index (χ0) is 15.4. The molecule has 2 aromatic carbocycles. The smallest absolute Gasteiger partial charge is 0.258 e. The molecule has 0 atom stereocenters. The van der Waals surface area contributed by atoms with Crippen LogP contribution >= 0.6 is 0 Å². The summed E-state index contributed by atoms with van der Waals surface area (Å²) in [6.45, 7) is 0. The van der Waals surface area contributed by atoms with E-state index in [1.807, 2.05) is 0 Å². The molecule has 2 rings (SSSR count). The number of benzene rings is 2. The van der Waals surface area contributed by atoms with Gasteiger partial charge >= 0.3 is 0 Å². The molecule has 0 saturated carbocycles. The SMILES string of the molecule is NC(=O)Cc1ccc(NC(=O)c2cccc(F)c2F)cc1. The van der Waals surface area contributed by atoms with Gasteiger partial charge in [0.15, 0.2) is 11.6 Å². The number of halogens is 2. The fourth-order valence-corrected chi connectivity index (χ4v) is 1.78. The quantitative estimate of drug-likeness (QED) is 0.906. The van der Waals surface area contributed by atoms with Gasteiger partial charge in [0.1, 0.15) is 0 Å². The van der Waals surface area contributed by atoms with E-state index in [1.54, 1.807) is 24.3 Å². The molecule has 3 N–H and O–H groups in total. The second-order valence-corrected chi connectivity index (χ2v) is 4.40. The first-order chi connectivity index (χ1) is 9.97. The van der Waals surface area contributed by atoms with Crippen molar-refractivity contribution in [2.24, 2.45) is 5.73 Å². The summed E-state index contributed by atoms with van der Waals surface area (Å²) in [5, 5.41) is 2.45. The van der Waals surface area contributed by atoms with Crippen molar-refractivity contribution < 1.29 is 18.4 Å². The van der Waals surface area contributed by atoms with Crippen LogP contribution in [0.3, 0.4) is 0 Å². The topological polar surface area (TPSA) is 72.2 Å². The fourth-order valence-electron chi connectivity index (χ4n) is 1.78. The van der Waals surface area contributed by atoms with Crippen molar-refractivity contribution in [2.45, 2.75) is 6.42 Å². The molecule has 0 aliphatic carbocycles. The van der Waals surface area contributed by atoms with Crippen LogP contribution in [0.5, 0.6) is 0 Å². The van der Waals surface area contributed by atoms with Crippen molar-refractivity contribution >= 4 is 17.5 Å². The Morgan fingerprint density at radius 3 is 2.33 bits per heavy atom. The van der Waals surface area contributed by atoms with Gasteiger partial charge < -0.3 is 11.1 Å². The highest BCUT2D eigenvalue weighted by molar-refractivity contribution is 6.04. The molecule has 0 spiro atoms. The van der Waals surface area contributed by atoms with Crippen LogP contribution in [0.2, 0.25) is 0 Å². The number of hydrogen-bond donors (Lipinski definition) is 2. The van der Waals surface area contributed by atoms with E-state index in [9.17, 15) is 18.4 Å². The van der Waals surface area contributed by atoms with E-state index in [1.165, 1.54) is 12.1 Å². The van der Waals surface area contributed by atoms with Crippen LogP contribution in [0.4, 0.5) is 14.5 Å². The fraction of sp³-hybridized carbons (Fsp3) is 0.0667. The van der Waals surface area contributed by atoms with Crippen LogP contribution in [0.1, 0.15) is 15.9 Å². The highest BCUT2D eigenvalue weighted by Gasteiger charge is 2.15. The third kappa shape index (κ3) is 3.62. The average molecular weight is 290 g/mol. The standard InChI is InChI=1S/C15H12F2N2O2/c16-12-3-1-2-11(14(12)17)15(21)19-10-6-4-9(5-7-10)8-13(18)20/h1-7H,8H2,(H2,18,20)(H,19,21). The number of carbonyl (C=O) groups excluding carboxylic acids is 2. The van der Waals surface area contributed by atoms with E-state index in [0.717, 1.165) is 6.07 Å². The van der Waals surface area contributed by atoms with Crippen molar-refractivity contribution in [3.8, 4) is 0 Å². The molecule has 0 bridgehead atoms. The summed E-state index contributed by atoms with van der Waals surface area (Å²) in [4.78, 5) is 22.6. The van der Waals surface area contributed by atoms with Gasteiger partial charge in [-0.25, -0.2) is 8.78 Å². The Kier molecular flexibility index (Phi) is 4.27. The van der Waals surface area contributed by atoms with Crippen LogP contribution in [0.25, 0.3) is 0 Å². The highest BCUT2D eigenvalue weighted by atomic mass is 19.2. The number of nitrogens with one attached hydrogen (secondary N) is 1. The minimum atomic E-state index is -1.19. The summed E-state index contributed by atoms with van der Waals surface area (Å²) in [6.07, 6.45) is 0.0900. The van der Waals surface area contributed by atoms with Crippen molar-refractivity contribution in [1.82, 2.24) is 0 Å². The maximum atomic E-state index is 13.5. The Bertz CT molecular complexity index is 685. The van der Waals surface area contributed by atoms with E-state index < -0.39 is 23.4 Å². The zero-order valence-corrected chi connectivity index (χ0v) is 10.9. The maximum Gasteiger partial charge on any atom is 0.258 e. The van der Waals surface area contributed by atoms with Gasteiger partial charge in [0, 0.05) is 5.69 Å². The highest BCUT2D eigenvalue weighted by Crippen LogP contribution is 2.15. The number of carbonyl (C=O) groups is 2. The molecule has 0 heterocycles. The third-order valence-corrected chi connectivity index (χ3v) is 2.79. The van der Waals surface area contributed by atoms with Crippen LogP contribution < -0.4 is 11.1 Å². The summed E-state index contributed by atoms with van der Waals surface area (Å²) in [5.41, 5.74) is 5.78. The van der Waals surface area contributed by atoms with Crippen LogP contribution in [-0.4, -0.2) is 11.8 Å². The van der Waals surface area contributed by atoms with E-state index in [0.29, 0.717) is 11.3 Å². The van der Waals surface area contributed by atoms with Gasteiger partial charge in [-0.05, 0) is 29.8 Å². The summed E-state index contributed by atoms with van der Waals surface area (Å²) >= 11 is 0. The van der Waals surface area contributed by atoms with Crippen LogP contribution in [0.15, 0.2) is 42.5 Å². The van der Waals surface area contributed by atoms with Gasteiger partial charge in [-0.2, -0.15) is 0 Å². The van der Waals surface area contributed by atoms with Gasteiger partial charge in [-0.3, -0.25) is 9.59 Å². The lowest BCUT2D eigenvalue weighted by atomic mass is 10.1. The Hall–Kier alpha value is -2.76. The van der Waals surface area contributed by atoms with E-state index in [4.69, 9.17) is 5.73 Å². The second-order valence-electron chi connectivity index (χ2n) is 4.40. The van der Waals surface area contributed by atoms with Crippen LogP contribution in [-0.2, 0) is 11.2 Å². The number of anilines is 1. The molecule has 0 unspecified atom stereocenters. The second kappa shape index (κ2) is 6.13. The van der Waals surface area contributed by atoms with Crippen molar-refractivity contribution in [3.05, 3.63) is 65.2 Å². The Labute approximate surface area is 119 Å². The molecule has 0 radical (unpaired) electrons. The first-order valence-corrected chi connectivity index (χ1v) is 6.10. The minimum absolute atomic E-state index is 0.0900. The summed E-state index contributed by atoms with van der Waals surface area (Å²) in [7, 11) is 0. The van der Waals surface area contributed by atoms with Gasteiger partial charge in [-0.1, -0.05) is 18.2 Å². The molecule has 108 valence electrons. The molecule has 2 aromatic rings. The normalized spacial score (nSPS) is 10.2.